The normalized spacial score (nSPS) is 10.1. The van der Waals surface area contributed by atoms with E-state index >= 15 is 0 Å². The van der Waals surface area contributed by atoms with E-state index < -0.39 is 0 Å². The second kappa shape index (κ2) is 6.45. The van der Waals surface area contributed by atoms with Gasteiger partial charge in [0.2, 0.25) is 0 Å². The third-order valence-electron chi connectivity index (χ3n) is 3.03. The Bertz CT molecular complexity index is 674. The first-order valence-electron chi connectivity index (χ1n) is 6.35. The molecule has 2 rings (SSSR count). The Hall–Kier alpha value is -2.27. The molecule has 0 unspecified atom stereocenters. The predicted octanol–water partition coefficient (Wildman–Crippen LogP) is 3.16. The van der Waals surface area contributed by atoms with Gasteiger partial charge in [-0.1, -0.05) is 23.7 Å². The number of aromatic nitrogens is 1. The molecule has 0 fully saturated rings. The van der Waals surface area contributed by atoms with Crippen LogP contribution in [0.2, 0.25) is 5.15 Å². The van der Waals surface area contributed by atoms with Crippen LogP contribution in [0.5, 0.6) is 5.75 Å². The average Bonchev–Trinajstić information content (AvgIpc) is 2.47. The van der Waals surface area contributed by atoms with Gasteiger partial charge < -0.3 is 15.4 Å². The molecule has 0 bridgehead atoms. The number of hydrogen-bond donors (Lipinski definition) is 2. The molecule has 0 atom stereocenters. The van der Waals surface area contributed by atoms with E-state index in [-0.39, 0.29) is 5.91 Å². The summed E-state index contributed by atoms with van der Waals surface area (Å²) in [6.45, 7) is 1.95. The minimum atomic E-state index is -0.242. The molecule has 2 N–H and O–H groups in total. The highest BCUT2D eigenvalue weighted by Crippen LogP contribution is 2.32. The van der Waals surface area contributed by atoms with Crippen LogP contribution in [-0.4, -0.2) is 25.0 Å². The van der Waals surface area contributed by atoms with E-state index in [4.69, 9.17) is 16.3 Å². The van der Waals surface area contributed by atoms with Crippen molar-refractivity contribution >= 4 is 28.9 Å². The van der Waals surface area contributed by atoms with E-state index in [0.29, 0.717) is 22.2 Å². The monoisotopic (exact) mass is 305 g/mol. The highest BCUT2D eigenvalue weighted by Gasteiger charge is 2.14. The number of methoxy groups -OCH3 is 1. The molecule has 0 aliphatic carbocycles. The number of anilines is 2. The second-order valence-electron chi connectivity index (χ2n) is 4.41. The highest BCUT2D eigenvalue weighted by atomic mass is 35.5. The van der Waals surface area contributed by atoms with Gasteiger partial charge in [-0.3, -0.25) is 4.79 Å². The number of carbonyl (C=O) groups is 1. The molecule has 2 aromatic rings. The molecule has 1 aromatic carbocycles. The lowest BCUT2D eigenvalue weighted by Gasteiger charge is -2.15. The largest absolute Gasteiger partial charge is 0.494 e. The molecule has 110 valence electrons. The van der Waals surface area contributed by atoms with Gasteiger partial charge in [0, 0.05) is 13.2 Å². The number of ether oxygens (including phenoxy) is 1. The quantitative estimate of drug-likeness (QED) is 0.852. The standard InChI is InChI=1S/C15H16ClN3O2/c1-9-5-4-6-11(14(9)21-3)19-12-7-13(16)18-8-10(12)15(20)17-2/h4-8H,1-3H3,(H,17,20)(H,18,19). The molecule has 0 spiro atoms. The van der Waals surface area contributed by atoms with Crippen molar-refractivity contribution in [2.24, 2.45) is 0 Å². The zero-order valence-electron chi connectivity index (χ0n) is 12.0. The second-order valence-corrected chi connectivity index (χ2v) is 4.80. The van der Waals surface area contributed by atoms with Crippen LogP contribution in [0.3, 0.4) is 0 Å². The van der Waals surface area contributed by atoms with Crippen LogP contribution in [-0.2, 0) is 0 Å². The fourth-order valence-electron chi connectivity index (χ4n) is 2.02. The van der Waals surface area contributed by atoms with Gasteiger partial charge in [0.05, 0.1) is 24.0 Å². The number of halogens is 1. The van der Waals surface area contributed by atoms with E-state index in [9.17, 15) is 4.79 Å². The maximum absolute atomic E-state index is 11.9. The van der Waals surface area contributed by atoms with Crippen LogP contribution in [0.25, 0.3) is 0 Å². The number of hydrogen-bond acceptors (Lipinski definition) is 4. The Morgan fingerprint density at radius 3 is 2.76 bits per heavy atom. The minimum absolute atomic E-state index is 0.242. The fraction of sp³-hybridized carbons (Fsp3) is 0.200. The highest BCUT2D eigenvalue weighted by molar-refractivity contribution is 6.29. The van der Waals surface area contributed by atoms with Crippen LogP contribution in [0.15, 0.2) is 30.5 Å². The molecule has 6 heteroatoms. The Morgan fingerprint density at radius 1 is 1.33 bits per heavy atom. The van der Waals surface area contributed by atoms with Gasteiger partial charge in [-0.15, -0.1) is 0 Å². The van der Waals surface area contributed by atoms with Crippen molar-refractivity contribution in [2.75, 3.05) is 19.5 Å². The number of para-hydroxylation sites is 1. The van der Waals surface area contributed by atoms with Crippen molar-refractivity contribution < 1.29 is 9.53 Å². The Morgan fingerprint density at radius 2 is 2.10 bits per heavy atom. The number of carbonyl (C=O) groups excluding carboxylic acids is 1. The molecule has 0 aliphatic rings. The zero-order chi connectivity index (χ0) is 15.4. The lowest BCUT2D eigenvalue weighted by molar-refractivity contribution is 0.0963. The van der Waals surface area contributed by atoms with Gasteiger partial charge in [0.25, 0.3) is 5.91 Å². The molecule has 0 radical (unpaired) electrons. The molecule has 0 aliphatic heterocycles. The van der Waals surface area contributed by atoms with E-state index in [1.54, 1.807) is 20.2 Å². The van der Waals surface area contributed by atoms with Crippen molar-refractivity contribution in [1.29, 1.82) is 0 Å². The Kier molecular flexibility index (Phi) is 4.65. The first-order valence-corrected chi connectivity index (χ1v) is 6.73. The van der Waals surface area contributed by atoms with Gasteiger partial charge in [-0.25, -0.2) is 4.98 Å². The summed E-state index contributed by atoms with van der Waals surface area (Å²) in [6, 6.07) is 7.33. The SMILES string of the molecule is CNC(=O)c1cnc(Cl)cc1Nc1cccc(C)c1OC. The summed E-state index contributed by atoms with van der Waals surface area (Å²) in [4.78, 5) is 15.8. The van der Waals surface area contributed by atoms with Crippen LogP contribution < -0.4 is 15.4 Å². The first-order chi connectivity index (χ1) is 10.1. The van der Waals surface area contributed by atoms with E-state index in [2.05, 4.69) is 15.6 Å². The summed E-state index contributed by atoms with van der Waals surface area (Å²) in [5.41, 5.74) is 2.72. The zero-order valence-corrected chi connectivity index (χ0v) is 12.8. The molecule has 1 heterocycles. The van der Waals surface area contributed by atoms with Gasteiger partial charge in [0.15, 0.2) is 0 Å². The van der Waals surface area contributed by atoms with Gasteiger partial charge in [-0.2, -0.15) is 0 Å². The van der Waals surface area contributed by atoms with E-state index in [1.165, 1.54) is 6.20 Å². The molecule has 0 saturated carbocycles. The van der Waals surface area contributed by atoms with Crippen molar-refractivity contribution in [1.82, 2.24) is 10.3 Å². The Labute approximate surface area is 128 Å². The molecule has 5 nitrogen and oxygen atoms in total. The molecule has 0 saturated heterocycles. The van der Waals surface area contributed by atoms with Crippen LogP contribution in [0.1, 0.15) is 15.9 Å². The van der Waals surface area contributed by atoms with E-state index in [0.717, 1.165) is 11.3 Å². The summed E-state index contributed by atoms with van der Waals surface area (Å²) in [5, 5.41) is 6.05. The lowest BCUT2D eigenvalue weighted by Crippen LogP contribution is -2.19. The third-order valence-corrected chi connectivity index (χ3v) is 3.23. The number of aryl methyl sites for hydroxylation is 1. The minimum Gasteiger partial charge on any atom is -0.494 e. The summed E-state index contributed by atoms with van der Waals surface area (Å²) < 4.78 is 5.39. The Balaban J connectivity index is 2.46. The first kappa shape index (κ1) is 15.1. The van der Waals surface area contributed by atoms with Crippen molar-refractivity contribution in [3.8, 4) is 5.75 Å². The molecular weight excluding hydrogens is 290 g/mol. The number of benzene rings is 1. The maximum Gasteiger partial charge on any atom is 0.254 e. The van der Waals surface area contributed by atoms with Crippen LogP contribution >= 0.6 is 11.6 Å². The molecule has 1 aromatic heterocycles. The van der Waals surface area contributed by atoms with E-state index in [1.807, 2.05) is 25.1 Å². The predicted molar refractivity (Wildman–Crippen MR) is 83.7 cm³/mol. The van der Waals surface area contributed by atoms with Crippen LogP contribution in [0, 0.1) is 6.92 Å². The maximum atomic E-state index is 11.9. The van der Waals surface area contributed by atoms with Gasteiger partial charge in [0.1, 0.15) is 10.9 Å². The smallest absolute Gasteiger partial charge is 0.254 e. The fourth-order valence-corrected chi connectivity index (χ4v) is 2.17. The van der Waals surface area contributed by atoms with Crippen molar-refractivity contribution in [3.63, 3.8) is 0 Å². The average molecular weight is 306 g/mol. The van der Waals surface area contributed by atoms with Gasteiger partial charge in [-0.05, 0) is 24.6 Å². The third kappa shape index (κ3) is 3.25. The molecule has 1 amide bonds. The summed E-state index contributed by atoms with van der Waals surface area (Å²) >= 11 is 5.92. The summed E-state index contributed by atoms with van der Waals surface area (Å²) in [7, 11) is 3.17. The van der Waals surface area contributed by atoms with Crippen molar-refractivity contribution in [2.45, 2.75) is 6.92 Å². The number of nitrogens with zero attached hydrogens (tertiary/aromatic N) is 1. The summed E-state index contributed by atoms with van der Waals surface area (Å²) in [5.74, 6) is 0.474. The van der Waals surface area contributed by atoms with Gasteiger partial charge >= 0.3 is 0 Å². The lowest BCUT2D eigenvalue weighted by atomic mass is 10.1. The van der Waals surface area contributed by atoms with Crippen LogP contribution in [0.4, 0.5) is 11.4 Å². The number of amides is 1. The molecular formula is C15H16ClN3O2. The number of pyridine rings is 1. The number of rotatable bonds is 4. The number of nitrogens with one attached hydrogen (secondary N) is 2. The molecule has 21 heavy (non-hydrogen) atoms. The summed E-state index contributed by atoms with van der Waals surface area (Å²) in [6.07, 6.45) is 1.44. The topological polar surface area (TPSA) is 63.2 Å². The van der Waals surface area contributed by atoms with Crippen molar-refractivity contribution in [3.05, 3.63) is 46.7 Å².